The van der Waals surface area contributed by atoms with Gasteiger partial charge in [-0.05, 0) is 25.0 Å². The van der Waals surface area contributed by atoms with Gasteiger partial charge in [0.1, 0.15) is 5.02 Å². The van der Waals surface area contributed by atoms with Crippen molar-refractivity contribution in [3.05, 3.63) is 55.1 Å². The Morgan fingerprint density at radius 2 is 2.11 bits per heavy atom. The molecule has 0 aliphatic carbocycles. The van der Waals surface area contributed by atoms with Crippen LogP contribution in [-0.4, -0.2) is 14.5 Å². The average molecular weight is 281 g/mol. The third kappa shape index (κ3) is 2.53. The second-order valence-electron chi connectivity index (χ2n) is 4.29. The average Bonchev–Trinajstić information content (AvgIpc) is 2.36. The Kier molecular flexibility index (Phi) is 3.44. The summed E-state index contributed by atoms with van der Waals surface area (Å²) in [5, 5.41) is -0.0441. The van der Waals surface area contributed by atoms with Gasteiger partial charge >= 0.3 is 5.69 Å². The maximum absolute atomic E-state index is 11.6. The number of aryl methyl sites for hydroxylation is 1. The Bertz CT molecular complexity index is 748. The molecule has 3 N–H and O–H groups in total. The Balaban J connectivity index is 2.48. The molecule has 2 heterocycles. The van der Waals surface area contributed by atoms with Gasteiger partial charge < -0.3 is 5.73 Å². The normalized spacial score (nSPS) is 10.7. The first-order valence-corrected chi connectivity index (χ1v) is 5.97. The van der Waals surface area contributed by atoms with Crippen molar-refractivity contribution in [1.29, 1.82) is 0 Å². The summed E-state index contributed by atoms with van der Waals surface area (Å²) >= 11 is 5.70. The molecule has 0 aliphatic heterocycles. The number of pyridine rings is 1. The molecule has 0 spiro atoms. The number of nitrogens with one attached hydrogen (secondary N) is 1. The van der Waals surface area contributed by atoms with Crippen molar-refractivity contribution in [3.63, 3.8) is 0 Å². The van der Waals surface area contributed by atoms with E-state index in [0.29, 0.717) is 11.4 Å². The Hall–Kier alpha value is -2.08. The number of nitrogens with zero attached hydrogens (tertiary/aromatic N) is 2. The van der Waals surface area contributed by atoms with Gasteiger partial charge in [-0.3, -0.25) is 19.3 Å². The molecule has 0 amide bonds. The third-order valence-electron chi connectivity index (χ3n) is 2.96. The zero-order valence-electron chi connectivity index (χ0n) is 10.5. The molecule has 7 heteroatoms. The fourth-order valence-electron chi connectivity index (χ4n) is 1.71. The number of halogens is 1. The molecule has 0 aromatic carbocycles. The molecular formula is C12H13ClN4O2. The number of nitrogen functional groups attached to an aromatic ring is 1. The zero-order chi connectivity index (χ0) is 14.2. The van der Waals surface area contributed by atoms with Crippen molar-refractivity contribution >= 4 is 17.3 Å². The summed E-state index contributed by atoms with van der Waals surface area (Å²) in [6.07, 6.45) is 2.94. The minimum absolute atomic E-state index is 0.0441. The van der Waals surface area contributed by atoms with Gasteiger partial charge in [0.15, 0.2) is 0 Å². The molecule has 0 radical (unpaired) electrons. The maximum Gasteiger partial charge on any atom is 0.328 e. The highest BCUT2D eigenvalue weighted by atomic mass is 35.5. The van der Waals surface area contributed by atoms with Crippen LogP contribution in [0.2, 0.25) is 5.02 Å². The molecule has 0 saturated carbocycles. The quantitative estimate of drug-likeness (QED) is 0.852. The third-order valence-corrected chi connectivity index (χ3v) is 3.23. The van der Waals surface area contributed by atoms with Gasteiger partial charge in [0.05, 0.1) is 12.2 Å². The van der Waals surface area contributed by atoms with Crippen molar-refractivity contribution in [2.24, 2.45) is 0 Å². The van der Waals surface area contributed by atoms with E-state index in [0.717, 1.165) is 11.1 Å². The number of nitrogens with two attached hydrogens (primary N) is 1. The van der Waals surface area contributed by atoms with E-state index >= 15 is 0 Å². The van der Waals surface area contributed by atoms with Gasteiger partial charge in [-0.1, -0.05) is 11.6 Å². The lowest BCUT2D eigenvalue weighted by atomic mass is 10.1. The van der Waals surface area contributed by atoms with Crippen molar-refractivity contribution in [1.82, 2.24) is 14.5 Å². The number of hydrogen-bond donors (Lipinski definition) is 2. The molecule has 2 aromatic rings. The molecule has 0 saturated heterocycles. The van der Waals surface area contributed by atoms with Gasteiger partial charge in [-0.2, -0.15) is 0 Å². The molecule has 6 nitrogen and oxygen atoms in total. The molecule has 100 valence electrons. The standard InChI is InChI=1S/C12H13ClN4O2/c1-6-3-15-9(7(2)10(6)14)5-17-4-8(13)11(18)16-12(17)19/h3-4H,5H2,1-2H3,(H2,14,15)(H,16,18,19). The van der Waals surface area contributed by atoms with Gasteiger partial charge in [0.25, 0.3) is 5.56 Å². The Labute approximate surface area is 113 Å². The number of anilines is 1. The summed E-state index contributed by atoms with van der Waals surface area (Å²) in [6, 6.07) is 0. The lowest BCUT2D eigenvalue weighted by molar-refractivity contribution is 0.701. The summed E-state index contributed by atoms with van der Waals surface area (Å²) in [5.74, 6) is 0. The molecule has 0 bridgehead atoms. The van der Waals surface area contributed by atoms with Crippen LogP contribution < -0.4 is 17.0 Å². The molecular weight excluding hydrogens is 268 g/mol. The molecule has 0 aliphatic rings. The van der Waals surface area contributed by atoms with Crippen molar-refractivity contribution in [2.45, 2.75) is 20.4 Å². The summed E-state index contributed by atoms with van der Waals surface area (Å²) in [4.78, 5) is 29.2. The zero-order valence-corrected chi connectivity index (χ0v) is 11.3. The lowest BCUT2D eigenvalue weighted by Crippen LogP contribution is -2.30. The van der Waals surface area contributed by atoms with Crippen LogP contribution in [0.3, 0.4) is 0 Å². The molecule has 2 aromatic heterocycles. The first-order chi connectivity index (χ1) is 8.90. The van der Waals surface area contributed by atoms with Crippen LogP contribution in [0.1, 0.15) is 16.8 Å². The number of aromatic amines is 1. The van der Waals surface area contributed by atoms with Crippen LogP contribution in [-0.2, 0) is 6.54 Å². The van der Waals surface area contributed by atoms with E-state index in [1.165, 1.54) is 10.8 Å². The van der Waals surface area contributed by atoms with Gasteiger partial charge in [-0.25, -0.2) is 4.79 Å². The first-order valence-electron chi connectivity index (χ1n) is 5.60. The molecule has 0 atom stereocenters. The topological polar surface area (TPSA) is 93.8 Å². The highest BCUT2D eigenvalue weighted by molar-refractivity contribution is 6.30. The predicted molar refractivity (Wildman–Crippen MR) is 73.6 cm³/mol. The monoisotopic (exact) mass is 280 g/mol. The SMILES string of the molecule is Cc1cnc(Cn2cc(Cl)c(=O)[nH]c2=O)c(C)c1N. The number of hydrogen-bond acceptors (Lipinski definition) is 4. The Morgan fingerprint density at radius 1 is 1.42 bits per heavy atom. The second kappa shape index (κ2) is 4.89. The number of aromatic nitrogens is 3. The maximum atomic E-state index is 11.6. The first kappa shape index (κ1) is 13.4. The Morgan fingerprint density at radius 3 is 2.79 bits per heavy atom. The van der Waals surface area contributed by atoms with Crippen molar-refractivity contribution < 1.29 is 0 Å². The van der Waals surface area contributed by atoms with Gasteiger partial charge in [-0.15, -0.1) is 0 Å². The smallest absolute Gasteiger partial charge is 0.328 e. The van der Waals surface area contributed by atoms with Crippen molar-refractivity contribution in [2.75, 3.05) is 5.73 Å². The highest BCUT2D eigenvalue weighted by Crippen LogP contribution is 2.18. The van der Waals surface area contributed by atoms with E-state index in [2.05, 4.69) is 9.97 Å². The van der Waals surface area contributed by atoms with Crippen LogP contribution in [0, 0.1) is 13.8 Å². The summed E-state index contributed by atoms with van der Waals surface area (Å²) in [5.41, 5.74) is 7.79. The fourth-order valence-corrected chi connectivity index (χ4v) is 1.88. The molecule has 2 rings (SSSR count). The minimum Gasteiger partial charge on any atom is -0.398 e. The highest BCUT2D eigenvalue weighted by Gasteiger charge is 2.09. The second-order valence-corrected chi connectivity index (χ2v) is 4.70. The van der Waals surface area contributed by atoms with Crippen LogP contribution in [0.5, 0.6) is 0 Å². The van der Waals surface area contributed by atoms with E-state index in [4.69, 9.17) is 17.3 Å². The summed E-state index contributed by atoms with van der Waals surface area (Å²) in [6.45, 7) is 3.90. The summed E-state index contributed by atoms with van der Waals surface area (Å²) in [7, 11) is 0. The largest absolute Gasteiger partial charge is 0.398 e. The van der Waals surface area contributed by atoms with Crippen LogP contribution in [0.15, 0.2) is 22.0 Å². The van der Waals surface area contributed by atoms with E-state index < -0.39 is 11.2 Å². The number of H-pyrrole nitrogens is 1. The van der Waals surface area contributed by atoms with E-state index in [1.807, 2.05) is 13.8 Å². The number of rotatable bonds is 2. The van der Waals surface area contributed by atoms with Gasteiger partial charge in [0.2, 0.25) is 0 Å². The van der Waals surface area contributed by atoms with Crippen LogP contribution >= 0.6 is 11.6 Å². The van der Waals surface area contributed by atoms with E-state index in [-0.39, 0.29) is 11.6 Å². The fraction of sp³-hybridized carbons (Fsp3) is 0.250. The van der Waals surface area contributed by atoms with E-state index in [1.54, 1.807) is 6.20 Å². The molecule has 19 heavy (non-hydrogen) atoms. The molecule has 0 unspecified atom stereocenters. The lowest BCUT2D eigenvalue weighted by Gasteiger charge is -2.11. The van der Waals surface area contributed by atoms with Gasteiger partial charge in [0, 0.05) is 18.1 Å². The summed E-state index contributed by atoms with van der Waals surface area (Å²) < 4.78 is 1.29. The minimum atomic E-state index is -0.601. The molecule has 0 fully saturated rings. The van der Waals surface area contributed by atoms with Crippen molar-refractivity contribution in [3.8, 4) is 0 Å². The van der Waals surface area contributed by atoms with Crippen LogP contribution in [0.4, 0.5) is 5.69 Å². The van der Waals surface area contributed by atoms with Crippen LogP contribution in [0.25, 0.3) is 0 Å². The van der Waals surface area contributed by atoms with E-state index in [9.17, 15) is 9.59 Å². The predicted octanol–water partition coefficient (Wildman–Crippen LogP) is 0.832.